The molecule has 25 heavy (non-hydrogen) atoms. The molecule has 132 valence electrons. The second-order valence-electron chi connectivity index (χ2n) is 9.02. The third-order valence-electron chi connectivity index (χ3n) is 7.12. The molecule has 4 atom stereocenters. The number of nitrogens with zero attached hydrogens (tertiary/aromatic N) is 2. The fraction of sp³-hybridized carbons (Fsp3) is 0.545. The zero-order valence-corrected chi connectivity index (χ0v) is 15.9. The van der Waals surface area contributed by atoms with Crippen LogP contribution in [0.2, 0.25) is 0 Å². The summed E-state index contributed by atoms with van der Waals surface area (Å²) in [4.78, 5) is 4.81. The number of alkyl halides is 1. The summed E-state index contributed by atoms with van der Waals surface area (Å²) in [7, 11) is 2.16. The van der Waals surface area contributed by atoms with Gasteiger partial charge in [0, 0.05) is 36.8 Å². The minimum Gasteiger partial charge on any atom is -0.338 e. The van der Waals surface area contributed by atoms with Gasteiger partial charge >= 0.3 is 0 Å². The Morgan fingerprint density at radius 3 is 2.72 bits per heavy atom. The fourth-order valence-electron chi connectivity index (χ4n) is 6.04. The SMILES string of the molecule is CC1C=CC2(C)C=CN3C4=C(CN(C)CC4)C4=CC(C)(F)C1=C2C43C. The van der Waals surface area contributed by atoms with Crippen LogP contribution >= 0.6 is 0 Å². The van der Waals surface area contributed by atoms with Crippen LogP contribution in [0.4, 0.5) is 4.39 Å². The molecular weight excluding hydrogens is 311 g/mol. The molecule has 4 unspecified atom stereocenters. The van der Waals surface area contributed by atoms with Crippen LogP contribution in [-0.4, -0.2) is 41.1 Å². The molecule has 0 saturated heterocycles. The van der Waals surface area contributed by atoms with Gasteiger partial charge in [0.1, 0.15) is 5.67 Å². The zero-order chi connectivity index (χ0) is 17.8. The van der Waals surface area contributed by atoms with Crippen molar-refractivity contribution in [3.8, 4) is 0 Å². The first-order chi connectivity index (χ1) is 11.7. The average Bonchev–Trinajstić information content (AvgIpc) is 2.76. The summed E-state index contributed by atoms with van der Waals surface area (Å²) in [5.41, 5.74) is 4.39. The highest BCUT2D eigenvalue weighted by molar-refractivity contribution is 5.68. The maximum absolute atomic E-state index is 16.0. The predicted octanol–water partition coefficient (Wildman–Crippen LogP) is 4.35. The summed E-state index contributed by atoms with van der Waals surface area (Å²) in [6.07, 6.45) is 12.0. The summed E-state index contributed by atoms with van der Waals surface area (Å²) < 4.78 is 16.0. The first-order valence-electron chi connectivity index (χ1n) is 9.45. The van der Waals surface area contributed by atoms with E-state index in [0.29, 0.717) is 0 Å². The Morgan fingerprint density at radius 2 is 1.96 bits per heavy atom. The monoisotopic (exact) mass is 338 g/mol. The Bertz CT molecular complexity index is 840. The molecule has 3 heteroatoms. The minimum absolute atomic E-state index is 0.140. The van der Waals surface area contributed by atoms with Crippen molar-refractivity contribution in [2.45, 2.75) is 45.3 Å². The minimum atomic E-state index is -1.38. The quantitative estimate of drug-likeness (QED) is 0.606. The smallest absolute Gasteiger partial charge is 0.149 e. The van der Waals surface area contributed by atoms with Gasteiger partial charge < -0.3 is 9.80 Å². The summed E-state index contributed by atoms with van der Waals surface area (Å²) in [6, 6.07) is 0. The van der Waals surface area contributed by atoms with E-state index in [0.717, 1.165) is 25.1 Å². The van der Waals surface area contributed by atoms with Gasteiger partial charge in [0.05, 0.1) is 5.54 Å². The van der Waals surface area contributed by atoms with Crippen molar-refractivity contribution >= 4 is 0 Å². The Balaban J connectivity index is 1.83. The van der Waals surface area contributed by atoms with E-state index in [2.05, 4.69) is 62.0 Å². The number of allylic oxidation sites excluding steroid dienone is 5. The Labute approximate surface area is 150 Å². The second kappa shape index (κ2) is 4.37. The Hall–Kier alpha value is -1.61. The molecule has 5 rings (SSSR count). The van der Waals surface area contributed by atoms with Crippen molar-refractivity contribution in [3.63, 3.8) is 0 Å². The average molecular weight is 338 g/mol. The standard InChI is InChI=1S/C22H27FN2/c1-14-6-8-20(2)9-11-25-17-7-10-24(5)13-15(17)16-12-21(3,23)18(14)19(20)22(16,25)4/h6,8-9,11-12,14H,7,10,13H2,1-5H3. The maximum atomic E-state index is 16.0. The fourth-order valence-corrected chi connectivity index (χ4v) is 6.04. The van der Waals surface area contributed by atoms with Crippen LogP contribution in [0.5, 0.6) is 0 Å². The molecule has 0 fully saturated rings. The first kappa shape index (κ1) is 15.6. The van der Waals surface area contributed by atoms with Gasteiger partial charge in [-0.05, 0) is 62.1 Å². The van der Waals surface area contributed by atoms with E-state index in [9.17, 15) is 0 Å². The molecule has 0 bridgehead atoms. The lowest BCUT2D eigenvalue weighted by Gasteiger charge is -2.55. The van der Waals surface area contributed by atoms with Crippen LogP contribution < -0.4 is 0 Å². The van der Waals surface area contributed by atoms with Crippen LogP contribution in [0, 0.1) is 11.3 Å². The largest absolute Gasteiger partial charge is 0.338 e. The molecule has 0 aromatic heterocycles. The normalized spacial score (nSPS) is 45.0. The van der Waals surface area contributed by atoms with Gasteiger partial charge in [0.25, 0.3) is 0 Å². The number of hydrogen-bond acceptors (Lipinski definition) is 2. The van der Waals surface area contributed by atoms with Gasteiger partial charge in [-0.15, -0.1) is 0 Å². The molecule has 0 amide bonds. The highest BCUT2D eigenvalue weighted by Gasteiger charge is 2.60. The van der Waals surface area contributed by atoms with E-state index in [-0.39, 0.29) is 16.9 Å². The molecule has 0 aromatic rings. The second-order valence-corrected chi connectivity index (χ2v) is 9.02. The van der Waals surface area contributed by atoms with Crippen LogP contribution in [0.25, 0.3) is 0 Å². The van der Waals surface area contributed by atoms with Crippen molar-refractivity contribution in [1.29, 1.82) is 0 Å². The Morgan fingerprint density at radius 1 is 1.20 bits per heavy atom. The lowest BCUT2D eigenvalue weighted by molar-refractivity contribution is 0.212. The molecule has 2 aliphatic carbocycles. The molecule has 0 radical (unpaired) electrons. The number of hydrogen-bond donors (Lipinski definition) is 0. The van der Waals surface area contributed by atoms with E-state index >= 15 is 4.39 Å². The molecule has 0 N–H and O–H groups in total. The lowest BCUT2D eigenvalue weighted by Crippen LogP contribution is -2.54. The molecule has 0 spiro atoms. The summed E-state index contributed by atoms with van der Waals surface area (Å²) in [5, 5.41) is 0. The first-order valence-corrected chi connectivity index (χ1v) is 9.45. The molecule has 0 saturated carbocycles. The molecule has 2 nitrogen and oxygen atoms in total. The third kappa shape index (κ3) is 1.68. The van der Waals surface area contributed by atoms with Gasteiger partial charge in [0.15, 0.2) is 0 Å². The molecule has 5 aliphatic rings. The van der Waals surface area contributed by atoms with Crippen molar-refractivity contribution in [3.05, 3.63) is 58.5 Å². The van der Waals surface area contributed by atoms with Crippen LogP contribution in [0.15, 0.2) is 58.5 Å². The van der Waals surface area contributed by atoms with Crippen LogP contribution in [0.1, 0.15) is 34.1 Å². The zero-order valence-electron chi connectivity index (χ0n) is 15.9. The maximum Gasteiger partial charge on any atom is 0.149 e. The van der Waals surface area contributed by atoms with Gasteiger partial charge in [-0.2, -0.15) is 0 Å². The number of fused-ring (bicyclic) bond motifs is 2. The topological polar surface area (TPSA) is 6.48 Å². The van der Waals surface area contributed by atoms with Crippen molar-refractivity contribution < 1.29 is 4.39 Å². The van der Waals surface area contributed by atoms with E-state index in [1.165, 1.54) is 22.4 Å². The van der Waals surface area contributed by atoms with Crippen molar-refractivity contribution in [2.75, 3.05) is 20.1 Å². The summed E-state index contributed by atoms with van der Waals surface area (Å²) in [6.45, 7) is 10.4. The Kier molecular flexibility index (Phi) is 2.74. The van der Waals surface area contributed by atoms with E-state index in [1.807, 2.05) is 6.08 Å². The van der Waals surface area contributed by atoms with E-state index in [1.54, 1.807) is 6.92 Å². The van der Waals surface area contributed by atoms with Crippen molar-refractivity contribution in [2.24, 2.45) is 11.3 Å². The molecule has 3 heterocycles. The van der Waals surface area contributed by atoms with Gasteiger partial charge in [0.2, 0.25) is 0 Å². The molecule has 0 aromatic carbocycles. The third-order valence-corrected chi connectivity index (χ3v) is 7.12. The van der Waals surface area contributed by atoms with Gasteiger partial charge in [-0.3, -0.25) is 0 Å². The highest BCUT2D eigenvalue weighted by Crippen LogP contribution is 2.63. The summed E-state index contributed by atoms with van der Waals surface area (Å²) in [5.74, 6) is 0.140. The van der Waals surface area contributed by atoms with Crippen LogP contribution in [0.3, 0.4) is 0 Å². The van der Waals surface area contributed by atoms with Crippen LogP contribution in [-0.2, 0) is 0 Å². The molecular formula is C22H27FN2. The predicted molar refractivity (Wildman–Crippen MR) is 99.6 cm³/mol. The van der Waals surface area contributed by atoms with Gasteiger partial charge in [-0.25, -0.2) is 4.39 Å². The van der Waals surface area contributed by atoms with Gasteiger partial charge in [-0.1, -0.05) is 25.2 Å². The lowest BCUT2D eigenvalue weighted by atomic mass is 9.56. The highest BCUT2D eigenvalue weighted by atomic mass is 19.1. The van der Waals surface area contributed by atoms with Crippen molar-refractivity contribution in [1.82, 2.24) is 9.80 Å². The number of rotatable bonds is 0. The molecule has 3 aliphatic heterocycles. The van der Waals surface area contributed by atoms with E-state index in [4.69, 9.17) is 0 Å². The van der Waals surface area contributed by atoms with E-state index < -0.39 is 5.67 Å². The summed E-state index contributed by atoms with van der Waals surface area (Å²) >= 11 is 0. The number of likely N-dealkylation sites (N-methyl/N-ethyl adjacent to an activating group) is 1. The number of halogens is 1.